The van der Waals surface area contributed by atoms with Gasteiger partial charge in [0.25, 0.3) is 0 Å². The number of Topliss-reactive ketones (excluding diaryl/α,β-unsaturated/α-hetero) is 1. The molecule has 1 saturated heterocycles. The molecular weight excluding hydrogens is 256 g/mol. The third-order valence-electron chi connectivity index (χ3n) is 3.45. The Morgan fingerprint density at radius 2 is 2.05 bits per heavy atom. The highest BCUT2D eigenvalue weighted by molar-refractivity contribution is 5.81. The van der Waals surface area contributed by atoms with Gasteiger partial charge in [-0.05, 0) is 24.7 Å². The molecule has 0 atom stereocenters. The zero-order chi connectivity index (χ0) is 14.5. The maximum atomic E-state index is 11.3. The predicted octanol–water partition coefficient (Wildman–Crippen LogP) is 1.37. The molecule has 0 bridgehead atoms. The summed E-state index contributed by atoms with van der Waals surface area (Å²) in [5.74, 6) is -0.489. The van der Waals surface area contributed by atoms with E-state index < -0.39 is 5.97 Å². The SMILES string of the molecule is CN(CC(=O)O)Cc1cccc(N2CCC(=O)CC2)c1. The molecule has 2 rings (SSSR count). The van der Waals surface area contributed by atoms with Gasteiger partial charge in [-0.1, -0.05) is 12.1 Å². The van der Waals surface area contributed by atoms with E-state index in [2.05, 4.69) is 11.0 Å². The number of piperidine rings is 1. The van der Waals surface area contributed by atoms with Gasteiger partial charge in [-0.25, -0.2) is 0 Å². The monoisotopic (exact) mass is 276 g/mol. The van der Waals surface area contributed by atoms with Crippen LogP contribution in [0.15, 0.2) is 24.3 Å². The summed E-state index contributed by atoms with van der Waals surface area (Å²) in [6.07, 6.45) is 1.23. The van der Waals surface area contributed by atoms with Crippen molar-refractivity contribution in [3.05, 3.63) is 29.8 Å². The lowest BCUT2D eigenvalue weighted by Crippen LogP contribution is -2.33. The highest BCUT2D eigenvalue weighted by atomic mass is 16.4. The summed E-state index contributed by atoms with van der Waals surface area (Å²) in [4.78, 5) is 25.9. The first-order valence-corrected chi connectivity index (χ1v) is 6.80. The van der Waals surface area contributed by atoms with Gasteiger partial charge in [-0.2, -0.15) is 0 Å². The number of benzene rings is 1. The first-order valence-electron chi connectivity index (χ1n) is 6.80. The van der Waals surface area contributed by atoms with Gasteiger partial charge >= 0.3 is 5.97 Å². The van der Waals surface area contributed by atoms with Gasteiger partial charge in [0.2, 0.25) is 0 Å². The second-order valence-electron chi connectivity index (χ2n) is 5.26. The van der Waals surface area contributed by atoms with Crippen LogP contribution in [0.3, 0.4) is 0 Å². The topological polar surface area (TPSA) is 60.9 Å². The van der Waals surface area contributed by atoms with E-state index in [-0.39, 0.29) is 6.54 Å². The smallest absolute Gasteiger partial charge is 0.317 e. The average molecular weight is 276 g/mol. The minimum Gasteiger partial charge on any atom is -0.480 e. The number of likely N-dealkylation sites (N-methyl/N-ethyl adjacent to an activating group) is 1. The maximum absolute atomic E-state index is 11.3. The fourth-order valence-corrected chi connectivity index (χ4v) is 2.46. The molecule has 20 heavy (non-hydrogen) atoms. The van der Waals surface area contributed by atoms with Crippen LogP contribution in [0.2, 0.25) is 0 Å². The van der Waals surface area contributed by atoms with Gasteiger partial charge in [0.15, 0.2) is 0 Å². The zero-order valence-corrected chi connectivity index (χ0v) is 11.7. The Bertz CT molecular complexity index is 492. The molecule has 1 aromatic carbocycles. The minimum atomic E-state index is -0.821. The van der Waals surface area contributed by atoms with Crippen molar-refractivity contribution in [1.29, 1.82) is 0 Å². The van der Waals surface area contributed by atoms with E-state index >= 15 is 0 Å². The molecule has 0 aromatic heterocycles. The molecule has 1 aromatic rings. The summed E-state index contributed by atoms with van der Waals surface area (Å²) in [7, 11) is 1.79. The van der Waals surface area contributed by atoms with E-state index in [0.717, 1.165) is 24.3 Å². The van der Waals surface area contributed by atoms with Gasteiger partial charge < -0.3 is 10.0 Å². The van der Waals surface area contributed by atoms with E-state index in [1.807, 2.05) is 18.2 Å². The number of carbonyl (C=O) groups is 2. The molecule has 0 aliphatic carbocycles. The first kappa shape index (κ1) is 14.5. The molecule has 1 fully saturated rings. The summed E-state index contributed by atoms with van der Waals surface area (Å²) in [6.45, 7) is 2.18. The molecule has 0 amide bonds. The van der Waals surface area contributed by atoms with Crippen LogP contribution in [0.1, 0.15) is 18.4 Å². The quantitative estimate of drug-likeness (QED) is 0.880. The number of carboxylic acid groups (broad SMARTS) is 1. The maximum Gasteiger partial charge on any atom is 0.317 e. The second-order valence-corrected chi connectivity index (χ2v) is 5.26. The van der Waals surface area contributed by atoms with Gasteiger partial charge in [0, 0.05) is 38.2 Å². The summed E-state index contributed by atoms with van der Waals surface area (Å²) in [5.41, 5.74) is 2.20. The van der Waals surface area contributed by atoms with E-state index in [1.165, 1.54) is 0 Å². The summed E-state index contributed by atoms with van der Waals surface area (Å²) < 4.78 is 0. The van der Waals surface area contributed by atoms with Gasteiger partial charge in [0.05, 0.1) is 6.54 Å². The van der Waals surface area contributed by atoms with Crippen molar-refractivity contribution in [2.45, 2.75) is 19.4 Å². The van der Waals surface area contributed by atoms with Crippen molar-refractivity contribution in [1.82, 2.24) is 4.90 Å². The van der Waals surface area contributed by atoms with E-state index in [0.29, 0.717) is 25.2 Å². The van der Waals surface area contributed by atoms with Gasteiger partial charge in [-0.3, -0.25) is 14.5 Å². The summed E-state index contributed by atoms with van der Waals surface area (Å²) in [6, 6.07) is 8.09. The molecule has 0 unspecified atom stereocenters. The number of hydrogen-bond donors (Lipinski definition) is 1. The largest absolute Gasteiger partial charge is 0.480 e. The number of hydrogen-bond acceptors (Lipinski definition) is 4. The van der Waals surface area contributed by atoms with E-state index in [1.54, 1.807) is 11.9 Å². The molecular formula is C15H20N2O3. The lowest BCUT2D eigenvalue weighted by atomic mass is 10.1. The highest BCUT2D eigenvalue weighted by Crippen LogP contribution is 2.20. The Morgan fingerprint density at radius 1 is 1.35 bits per heavy atom. The first-order chi connectivity index (χ1) is 9.54. The van der Waals surface area contributed by atoms with Crippen LogP contribution < -0.4 is 4.90 Å². The van der Waals surface area contributed by atoms with Crippen molar-refractivity contribution in [2.75, 3.05) is 31.6 Å². The number of aliphatic carboxylic acids is 1. The van der Waals surface area contributed by atoms with Crippen molar-refractivity contribution >= 4 is 17.4 Å². The number of rotatable bonds is 5. The second kappa shape index (κ2) is 6.52. The molecule has 0 saturated carbocycles. The molecule has 5 nitrogen and oxygen atoms in total. The van der Waals surface area contributed by atoms with Gasteiger partial charge in [0.1, 0.15) is 5.78 Å². The number of anilines is 1. The third-order valence-corrected chi connectivity index (χ3v) is 3.45. The highest BCUT2D eigenvalue weighted by Gasteiger charge is 2.16. The number of carbonyl (C=O) groups excluding carboxylic acids is 1. The van der Waals surface area contributed by atoms with Crippen molar-refractivity contribution in [2.24, 2.45) is 0 Å². The Balaban J connectivity index is 2.00. The fourth-order valence-electron chi connectivity index (χ4n) is 2.46. The van der Waals surface area contributed by atoms with Crippen molar-refractivity contribution in [3.63, 3.8) is 0 Å². The zero-order valence-electron chi connectivity index (χ0n) is 11.7. The molecule has 0 radical (unpaired) electrons. The summed E-state index contributed by atoms with van der Waals surface area (Å²) >= 11 is 0. The Labute approximate surface area is 118 Å². The fraction of sp³-hybridized carbons (Fsp3) is 0.467. The third kappa shape index (κ3) is 4.06. The van der Waals surface area contributed by atoms with Crippen LogP contribution in [0.25, 0.3) is 0 Å². The van der Waals surface area contributed by atoms with Crippen LogP contribution in [-0.4, -0.2) is 48.4 Å². The molecule has 1 heterocycles. The molecule has 1 aliphatic rings. The Morgan fingerprint density at radius 3 is 2.70 bits per heavy atom. The molecule has 5 heteroatoms. The average Bonchev–Trinajstić information content (AvgIpc) is 2.38. The predicted molar refractivity (Wildman–Crippen MR) is 76.9 cm³/mol. The molecule has 1 N–H and O–H groups in total. The minimum absolute atomic E-state index is 0.0302. The molecule has 1 aliphatic heterocycles. The molecule has 108 valence electrons. The summed E-state index contributed by atoms with van der Waals surface area (Å²) in [5, 5.41) is 8.76. The standard InChI is InChI=1S/C15H20N2O3/c1-16(11-15(19)20)10-12-3-2-4-13(9-12)17-7-5-14(18)6-8-17/h2-4,9H,5-8,10-11H2,1H3,(H,19,20). The Kier molecular flexibility index (Phi) is 4.74. The lowest BCUT2D eigenvalue weighted by Gasteiger charge is -2.28. The van der Waals surface area contributed by atoms with Crippen LogP contribution in [0.5, 0.6) is 0 Å². The van der Waals surface area contributed by atoms with Crippen LogP contribution >= 0.6 is 0 Å². The number of carboxylic acids is 1. The lowest BCUT2D eigenvalue weighted by molar-refractivity contribution is -0.138. The number of nitrogens with zero attached hydrogens (tertiary/aromatic N) is 2. The normalized spacial score (nSPS) is 15.7. The van der Waals surface area contributed by atoms with Crippen LogP contribution in [0.4, 0.5) is 5.69 Å². The van der Waals surface area contributed by atoms with E-state index in [4.69, 9.17) is 5.11 Å². The van der Waals surface area contributed by atoms with Crippen LogP contribution in [-0.2, 0) is 16.1 Å². The van der Waals surface area contributed by atoms with Crippen molar-refractivity contribution < 1.29 is 14.7 Å². The van der Waals surface area contributed by atoms with Crippen LogP contribution in [0, 0.1) is 0 Å². The van der Waals surface area contributed by atoms with Crippen molar-refractivity contribution in [3.8, 4) is 0 Å². The Hall–Kier alpha value is -1.88. The van der Waals surface area contributed by atoms with Gasteiger partial charge in [-0.15, -0.1) is 0 Å². The number of ketones is 1. The van der Waals surface area contributed by atoms with E-state index in [9.17, 15) is 9.59 Å². The molecule has 0 spiro atoms.